The first-order chi connectivity index (χ1) is 5.60. The monoisotopic (exact) mass is 182 g/mol. The summed E-state index contributed by atoms with van der Waals surface area (Å²) in [4.78, 5) is 0.620. The predicted molar refractivity (Wildman–Crippen MR) is 47.7 cm³/mol. The van der Waals surface area contributed by atoms with Crippen LogP contribution in [-0.2, 0) is 5.54 Å². The van der Waals surface area contributed by atoms with Crippen LogP contribution in [0.1, 0.15) is 17.4 Å². The van der Waals surface area contributed by atoms with Crippen LogP contribution in [0, 0.1) is 11.3 Å². The summed E-state index contributed by atoms with van der Waals surface area (Å²) >= 11 is 1.34. The molecular formula is C8H10N2OS. The predicted octanol–water partition coefficient (Wildman–Crippen LogP) is 0.786. The van der Waals surface area contributed by atoms with Gasteiger partial charge in [0.05, 0.1) is 12.1 Å². The molecule has 1 rings (SSSR count). The fourth-order valence-electron chi connectivity index (χ4n) is 0.786. The van der Waals surface area contributed by atoms with E-state index in [4.69, 9.17) is 16.1 Å². The van der Waals surface area contributed by atoms with Gasteiger partial charge in [0.15, 0.2) is 0 Å². The van der Waals surface area contributed by atoms with Crippen LogP contribution >= 0.6 is 11.3 Å². The Hall–Kier alpha value is -0.890. The van der Waals surface area contributed by atoms with Crippen LogP contribution in [0.25, 0.3) is 0 Å². The van der Waals surface area contributed by atoms with E-state index in [1.54, 1.807) is 18.4 Å². The Balaban J connectivity index is 2.98. The van der Waals surface area contributed by atoms with Crippen molar-refractivity contribution in [3.8, 4) is 6.07 Å². The number of aliphatic hydroxyl groups is 1. The molecule has 0 aliphatic carbocycles. The van der Waals surface area contributed by atoms with Gasteiger partial charge in [0.25, 0.3) is 0 Å². The lowest BCUT2D eigenvalue weighted by Crippen LogP contribution is -2.36. The highest BCUT2D eigenvalue weighted by molar-refractivity contribution is 7.10. The Kier molecular flexibility index (Phi) is 2.48. The Morgan fingerprint density at radius 1 is 1.83 bits per heavy atom. The molecule has 0 saturated carbocycles. The van der Waals surface area contributed by atoms with E-state index in [1.165, 1.54) is 11.3 Å². The summed E-state index contributed by atoms with van der Waals surface area (Å²) < 4.78 is 0. The zero-order valence-electron chi connectivity index (χ0n) is 6.74. The first-order valence-electron chi connectivity index (χ1n) is 3.49. The third-order valence-corrected chi connectivity index (χ3v) is 2.53. The molecule has 0 saturated heterocycles. The van der Waals surface area contributed by atoms with Crippen LogP contribution < -0.4 is 5.73 Å². The molecule has 1 heterocycles. The molecule has 1 aromatic rings. The van der Waals surface area contributed by atoms with Crippen LogP contribution in [0.15, 0.2) is 11.4 Å². The first-order valence-corrected chi connectivity index (χ1v) is 4.37. The molecular weight excluding hydrogens is 172 g/mol. The minimum absolute atomic E-state index is 0.116. The molecule has 0 radical (unpaired) electrons. The van der Waals surface area contributed by atoms with Crippen molar-refractivity contribution in [1.29, 1.82) is 5.26 Å². The number of nitrogens with two attached hydrogens (primary N) is 1. The van der Waals surface area contributed by atoms with Crippen LogP contribution in [0.2, 0.25) is 0 Å². The van der Waals surface area contributed by atoms with E-state index < -0.39 is 5.54 Å². The number of hydrogen-bond donors (Lipinski definition) is 2. The third-order valence-electron chi connectivity index (χ3n) is 1.70. The summed E-state index contributed by atoms with van der Waals surface area (Å²) in [5.41, 5.74) is 5.83. The van der Waals surface area contributed by atoms with Crippen LogP contribution in [0.5, 0.6) is 0 Å². The molecule has 0 aliphatic heterocycles. The molecule has 0 amide bonds. The first kappa shape index (κ1) is 9.20. The Morgan fingerprint density at radius 2 is 2.50 bits per heavy atom. The van der Waals surface area contributed by atoms with Gasteiger partial charge in [-0.2, -0.15) is 5.26 Å². The lowest BCUT2D eigenvalue weighted by atomic mass is 9.97. The highest BCUT2D eigenvalue weighted by Gasteiger charge is 2.21. The summed E-state index contributed by atoms with van der Waals surface area (Å²) in [7, 11) is 0. The van der Waals surface area contributed by atoms with Gasteiger partial charge in [0, 0.05) is 0 Å². The van der Waals surface area contributed by atoms with E-state index >= 15 is 0 Å². The lowest BCUT2D eigenvalue weighted by molar-refractivity contribution is 0.210. The second-order valence-electron chi connectivity index (χ2n) is 2.89. The van der Waals surface area contributed by atoms with Crippen LogP contribution in [0.3, 0.4) is 0 Å². The van der Waals surface area contributed by atoms with Gasteiger partial charge >= 0.3 is 0 Å². The minimum Gasteiger partial charge on any atom is -0.394 e. The minimum atomic E-state index is -0.731. The quantitative estimate of drug-likeness (QED) is 0.710. The highest BCUT2D eigenvalue weighted by Crippen LogP contribution is 2.22. The average molecular weight is 182 g/mol. The summed E-state index contributed by atoms with van der Waals surface area (Å²) in [6.45, 7) is 1.62. The Bertz CT molecular complexity index is 311. The van der Waals surface area contributed by atoms with Gasteiger partial charge in [-0.25, -0.2) is 0 Å². The van der Waals surface area contributed by atoms with Crippen LogP contribution in [-0.4, -0.2) is 11.7 Å². The molecule has 4 heteroatoms. The standard InChI is InChI=1S/C8H10N2OS/c1-8(10,5-11)6-2-7(3-9)12-4-6/h2,4,11H,5,10H2,1H3. The summed E-state index contributed by atoms with van der Waals surface area (Å²) in [5, 5.41) is 19.3. The molecule has 0 aliphatic rings. The van der Waals surface area contributed by atoms with Gasteiger partial charge in [-0.1, -0.05) is 0 Å². The van der Waals surface area contributed by atoms with Gasteiger partial charge < -0.3 is 10.8 Å². The van der Waals surface area contributed by atoms with E-state index in [1.807, 2.05) is 6.07 Å². The second kappa shape index (κ2) is 3.23. The van der Waals surface area contributed by atoms with Gasteiger partial charge in [0.2, 0.25) is 0 Å². The molecule has 0 bridgehead atoms. The SMILES string of the molecule is CC(N)(CO)c1csc(C#N)c1. The maximum atomic E-state index is 8.93. The molecule has 1 aromatic heterocycles. The Morgan fingerprint density at radius 3 is 2.92 bits per heavy atom. The molecule has 3 nitrogen and oxygen atoms in total. The lowest BCUT2D eigenvalue weighted by Gasteiger charge is -2.19. The summed E-state index contributed by atoms with van der Waals surface area (Å²) in [6, 6.07) is 3.73. The zero-order chi connectivity index (χ0) is 9.19. The summed E-state index contributed by atoms with van der Waals surface area (Å²) in [6.07, 6.45) is 0. The van der Waals surface area contributed by atoms with Crippen molar-refractivity contribution in [2.24, 2.45) is 5.73 Å². The maximum absolute atomic E-state index is 8.93. The number of rotatable bonds is 2. The van der Waals surface area contributed by atoms with Crippen molar-refractivity contribution in [1.82, 2.24) is 0 Å². The second-order valence-corrected chi connectivity index (χ2v) is 3.80. The van der Waals surface area contributed by atoms with Gasteiger partial charge in [0.1, 0.15) is 10.9 Å². The zero-order valence-corrected chi connectivity index (χ0v) is 7.56. The molecule has 64 valence electrons. The Labute approximate surface area is 75.1 Å². The fraction of sp³-hybridized carbons (Fsp3) is 0.375. The number of hydrogen-bond acceptors (Lipinski definition) is 4. The third kappa shape index (κ3) is 1.64. The van der Waals surface area contributed by atoms with Crippen molar-refractivity contribution in [2.75, 3.05) is 6.61 Å². The average Bonchev–Trinajstić information content (AvgIpc) is 2.52. The van der Waals surface area contributed by atoms with Crippen molar-refractivity contribution in [2.45, 2.75) is 12.5 Å². The van der Waals surface area contributed by atoms with E-state index in [0.29, 0.717) is 4.88 Å². The largest absolute Gasteiger partial charge is 0.394 e. The number of thiophene rings is 1. The molecule has 0 fully saturated rings. The molecule has 0 aromatic carbocycles. The smallest absolute Gasteiger partial charge is 0.110 e. The normalized spacial score (nSPS) is 15.2. The van der Waals surface area contributed by atoms with E-state index in [-0.39, 0.29) is 6.61 Å². The van der Waals surface area contributed by atoms with E-state index in [0.717, 1.165) is 5.56 Å². The van der Waals surface area contributed by atoms with Crippen molar-refractivity contribution < 1.29 is 5.11 Å². The number of aliphatic hydroxyl groups excluding tert-OH is 1. The number of nitriles is 1. The van der Waals surface area contributed by atoms with Crippen molar-refractivity contribution in [3.63, 3.8) is 0 Å². The topological polar surface area (TPSA) is 70.0 Å². The molecule has 1 unspecified atom stereocenters. The van der Waals surface area contributed by atoms with Crippen LogP contribution in [0.4, 0.5) is 0 Å². The summed E-state index contributed by atoms with van der Waals surface area (Å²) in [5.74, 6) is 0. The van der Waals surface area contributed by atoms with Gasteiger partial charge in [-0.05, 0) is 23.9 Å². The van der Waals surface area contributed by atoms with Crippen molar-refractivity contribution in [3.05, 3.63) is 21.9 Å². The molecule has 3 N–H and O–H groups in total. The maximum Gasteiger partial charge on any atom is 0.110 e. The fourth-order valence-corrected chi connectivity index (χ4v) is 1.62. The molecule has 0 spiro atoms. The highest BCUT2D eigenvalue weighted by atomic mass is 32.1. The van der Waals surface area contributed by atoms with Gasteiger partial charge in [-0.15, -0.1) is 11.3 Å². The van der Waals surface area contributed by atoms with Crippen molar-refractivity contribution >= 4 is 11.3 Å². The van der Waals surface area contributed by atoms with Gasteiger partial charge in [-0.3, -0.25) is 0 Å². The molecule has 1 atom stereocenters. The number of nitrogens with zero attached hydrogens (tertiary/aromatic N) is 1. The van der Waals surface area contributed by atoms with E-state index in [9.17, 15) is 0 Å². The molecule has 12 heavy (non-hydrogen) atoms. The van der Waals surface area contributed by atoms with E-state index in [2.05, 4.69) is 0 Å².